The van der Waals surface area contributed by atoms with Gasteiger partial charge in [0.2, 0.25) is 5.91 Å². The number of benzene rings is 1. The summed E-state index contributed by atoms with van der Waals surface area (Å²) in [7, 11) is 0. The molecule has 0 unspecified atom stereocenters. The van der Waals surface area contributed by atoms with Gasteiger partial charge in [0.15, 0.2) is 0 Å². The third-order valence-electron chi connectivity index (χ3n) is 3.98. The number of amides is 1. The second-order valence-electron chi connectivity index (χ2n) is 5.44. The molecule has 1 fully saturated rings. The van der Waals surface area contributed by atoms with Crippen LogP contribution < -0.4 is 10.2 Å². The van der Waals surface area contributed by atoms with Crippen molar-refractivity contribution in [3.05, 3.63) is 29.3 Å². The van der Waals surface area contributed by atoms with Gasteiger partial charge < -0.3 is 10.2 Å². The zero-order valence-corrected chi connectivity index (χ0v) is 13.6. The molecule has 5 heteroatoms. The molecule has 1 aliphatic rings. The van der Waals surface area contributed by atoms with Crippen molar-refractivity contribution in [3.8, 4) is 0 Å². The first-order chi connectivity index (χ1) is 10.1. The first kappa shape index (κ1) is 16.1. The predicted octanol–water partition coefficient (Wildman–Crippen LogP) is 2.38. The summed E-state index contributed by atoms with van der Waals surface area (Å²) in [6, 6.07) is 7.86. The van der Waals surface area contributed by atoms with Crippen molar-refractivity contribution in [1.29, 1.82) is 0 Å². The summed E-state index contributed by atoms with van der Waals surface area (Å²) < 4.78 is 0. The van der Waals surface area contributed by atoms with E-state index >= 15 is 0 Å². The van der Waals surface area contributed by atoms with Crippen LogP contribution in [0, 0.1) is 0 Å². The van der Waals surface area contributed by atoms with Gasteiger partial charge in [-0.25, -0.2) is 0 Å². The number of nitrogens with one attached hydrogen (secondary N) is 1. The van der Waals surface area contributed by atoms with Crippen LogP contribution in [0.3, 0.4) is 0 Å². The first-order valence-electron chi connectivity index (χ1n) is 7.64. The molecule has 0 saturated carbocycles. The van der Waals surface area contributed by atoms with E-state index in [1.807, 2.05) is 25.1 Å². The van der Waals surface area contributed by atoms with E-state index in [0.29, 0.717) is 0 Å². The van der Waals surface area contributed by atoms with E-state index in [9.17, 15) is 4.79 Å². The molecule has 1 aromatic carbocycles. The molecule has 21 heavy (non-hydrogen) atoms. The van der Waals surface area contributed by atoms with Gasteiger partial charge in [-0.3, -0.25) is 9.69 Å². The van der Waals surface area contributed by atoms with E-state index in [1.54, 1.807) is 0 Å². The Kier molecular flexibility index (Phi) is 5.88. The molecule has 116 valence electrons. The van der Waals surface area contributed by atoms with Crippen molar-refractivity contribution in [2.24, 2.45) is 0 Å². The Bertz CT molecular complexity index is 472. The maximum Gasteiger partial charge on any atom is 0.237 e. The van der Waals surface area contributed by atoms with Gasteiger partial charge in [-0.2, -0.15) is 0 Å². The third kappa shape index (κ3) is 4.11. The number of anilines is 1. The highest BCUT2D eigenvalue weighted by atomic mass is 35.5. The molecule has 4 nitrogen and oxygen atoms in total. The molecule has 0 aliphatic carbocycles. The summed E-state index contributed by atoms with van der Waals surface area (Å²) in [6.07, 6.45) is 0.971. The minimum absolute atomic E-state index is 0.0649. The highest BCUT2D eigenvalue weighted by molar-refractivity contribution is 6.33. The summed E-state index contributed by atoms with van der Waals surface area (Å²) in [5.41, 5.74) is 1.09. The number of nitrogens with zero attached hydrogens (tertiary/aromatic N) is 2. The second kappa shape index (κ2) is 7.66. The first-order valence-corrected chi connectivity index (χ1v) is 8.02. The number of halogens is 1. The molecule has 0 radical (unpaired) electrons. The normalized spacial score (nSPS) is 17.6. The number of carbonyl (C=O) groups is 1. The fourth-order valence-electron chi connectivity index (χ4n) is 2.62. The molecule has 0 spiro atoms. The number of para-hydroxylation sites is 1. The molecule has 1 aromatic rings. The van der Waals surface area contributed by atoms with Gasteiger partial charge in [0.05, 0.1) is 16.8 Å². The molecule has 2 rings (SSSR count). The average molecular weight is 310 g/mol. The van der Waals surface area contributed by atoms with Gasteiger partial charge in [0.25, 0.3) is 0 Å². The molecule has 1 heterocycles. The van der Waals surface area contributed by atoms with Gasteiger partial charge in [0.1, 0.15) is 0 Å². The van der Waals surface area contributed by atoms with Gasteiger partial charge in [-0.15, -0.1) is 0 Å². The molecule has 0 aromatic heterocycles. The van der Waals surface area contributed by atoms with Crippen LogP contribution >= 0.6 is 11.6 Å². The van der Waals surface area contributed by atoms with E-state index in [2.05, 4.69) is 28.1 Å². The van der Waals surface area contributed by atoms with E-state index < -0.39 is 0 Å². The monoisotopic (exact) mass is 309 g/mol. The minimum atomic E-state index is -0.0649. The largest absolute Gasteiger partial charge is 0.368 e. The van der Waals surface area contributed by atoms with Crippen LogP contribution in [0.1, 0.15) is 20.3 Å². The summed E-state index contributed by atoms with van der Waals surface area (Å²) in [5, 5.41) is 3.76. The van der Waals surface area contributed by atoms with E-state index in [1.165, 1.54) is 0 Å². The van der Waals surface area contributed by atoms with E-state index in [0.717, 1.165) is 49.9 Å². The fraction of sp³-hybridized carbons (Fsp3) is 0.562. The van der Waals surface area contributed by atoms with Crippen LogP contribution in [0.5, 0.6) is 0 Å². The second-order valence-corrected chi connectivity index (χ2v) is 5.85. The summed E-state index contributed by atoms with van der Waals surface area (Å²) in [5.74, 6) is 0.128. The van der Waals surface area contributed by atoms with Gasteiger partial charge in [-0.1, -0.05) is 30.7 Å². The predicted molar refractivity (Wildman–Crippen MR) is 88.0 cm³/mol. The quantitative estimate of drug-likeness (QED) is 0.907. The fourth-order valence-corrected chi connectivity index (χ4v) is 2.88. The van der Waals surface area contributed by atoms with Crippen molar-refractivity contribution in [2.75, 3.05) is 37.6 Å². The molecule has 0 bridgehead atoms. The van der Waals surface area contributed by atoms with Crippen LogP contribution in [-0.2, 0) is 4.79 Å². The number of piperazine rings is 1. The average Bonchev–Trinajstić information content (AvgIpc) is 2.52. The molecule has 1 amide bonds. The van der Waals surface area contributed by atoms with Crippen molar-refractivity contribution in [1.82, 2.24) is 10.2 Å². The molecule has 1 saturated heterocycles. The van der Waals surface area contributed by atoms with Gasteiger partial charge in [-0.05, 0) is 25.5 Å². The Morgan fingerprint density at radius 3 is 2.57 bits per heavy atom. The highest BCUT2D eigenvalue weighted by Gasteiger charge is 2.25. The molecular formula is C16H24ClN3O. The summed E-state index contributed by atoms with van der Waals surface area (Å²) in [4.78, 5) is 16.5. The summed E-state index contributed by atoms with van der Waals surface area (Å²) >= 11 is 6.24. The molecular weight excluding hydrogens is 286 g/mol. The third-order valence-corrected chi connectivity index (χ3v) is 4.30. The Hall–Kier alpha value is -1.26. The highest BCUT2D eigenvalue weighted by Crippen LogP contribution is 2.26. The zero-order valence-electron chi connectivity index (χ0n) is 12.8. The van der Waals surface area contributed by atoms with Crippen LogP contribution in [0.15, 0.2) is 24.3 Å². The SMILES string of the molecule is CCCNC(=O)[C@H](C)N1CCN(c2ccccc2Cl)CC1. The van der Waals surface area contributed by atoms with Crippen LogP contribution in [0.25, 0.3) is 0 Å². The van der Waals surface area contributed by atoms with Crippen molar-refractivity contribution >= 4 is 23.2 Å². The molecule has 1 atom stereocenters. The zero-order chi connectivity index (χ0) is 15.2. The minimum Gasteiger partial charge on any atom is -0.368 e. The summed E-state index contributed by atoms with van der Waals surface area (Å²) in [6.45, 7) is 8.36. The van der Waals surface area contributed by atoms with Gasteiger partial charge >= 0.3 is 0 Å². The maximum absolute atomic E-state index is 12.0. The van der Waals surface area contributed by atoms with Crippen LogP contribution in [0.2, 0.25) is 5.02 Å². The number of rotatable bonds is 5. The van der Waals surface area contributed by atoms with Crippen molar-refractivity contribution in [2.45, 2.75) is 26.3 Å². The topological polar surface area (TPSA) is 35.6 Å². The lowest BCUT2D eigenvalue weighted by Gasteiger charge is -2.38. The van der Waals surface area contributed by atoms with Crippen molar-refractivity contribution in [3.63, 3.8) is 0 Å². The maximum atomic E-state index is 12.0. The van der Waals surface area contributed by atoms with Crippen LogP contribution in [-0.4, -0.2) is 49.6 Å². The van der Waals surface area contributed by atoms with E-state index in [-0.39, 0.29) is 11.9 Å². The molecule has 1 N–H and O–H groups in total. The van der Waals surface area contributed by atoms with Crippen LogP contribution in [0.4, 0.5) is 5.69 Å². The van der Waals surface area contributed by atoms with E-state index in [4.69, 9.17) is 11.6 Å². The number of hydrogen-bond donors (Lipinski definition) is 1. The van der Waals surface area contributed by atoms with Gasteiger partial charge in [0, 0.05) is 32.7 Å². The van der Waals surface area contributed by atoms with Crippen molar-refractivity contribution < 1.29 is 4.79 Å². The molecule has 1 aliphatic heterocycles. The Balaban J connectivity index is 1.88. The number of carbonyl (C=O) groups excluding carboxylic acids is 1. The standard InChI is InChI=1S/C16H24ClN3O/c1-3-8-18-16(21)13(2)19-9-11-20(12-10-19)15-7-5-4-6-14(15)17/h4-7,13H,3,8-12H2,1-2H3,(H,18,21)/t13-/m0/s1. The lowest BCUT2D eigenvalue weighted by atomic mass is 10.2. The Morgan fingerprint density at radius 1 is 1.29 bits per heavy atom. The number of hydrogen-bond acceptors (Lipinski definition) is 3. The lowest BCUT2D eigenvalue weighted by molar-refractivity contribution is -0.126. The smallest absolute Gasteiger partial charge is 0.237 e. The Morgan fingerprint density at radius 2 is 1.95 bits per heavy atom. The lowest BCUT2D eigenvalue weighted by Crippen LogP contribution is -2.54. The Labute approximate surface area is 132 Å².